The molecule has 154 valence electrons. The molecule has 0 aromatic heterocycles. The molecule has 0 fully saturated rings. The third-order valence-corrected chi connectivity index (χ3v) is 6.13. The quantitative estimate of drug-likeness (QED) is 0.365. The summed E-state index contributed by atoms with van der Waals surface area (Å²) >= 11 is 0. The highest BCUT2D eigenvalue weighted by molar-refractivity contribution is 6.45. The van der Waals surface area contributed by atoms with Crippen LogP contribution in [0.2, 0.25) is 0 Å². The molecule has 5 heteroatoms. The SMILES string of the molecule is C[N+]1=C(C2=NN(c3ccc(N=Nc4ccccc4)cc3)CC2)C(C)(C)c2ccccc21. The molecule has 0 aliphatic carbocycles. The number of anilines is 1. The normalized spacial score (nSPS) is 17.4. The van der Waals surface area contributed by atoms with Crippen LogP contribution in [0, 0.1) is 0 Å². The minimum Gasteiger partial charge on any atom is -0.265 e. The zero-order chi connectivity index (χ0) is 21.4. The second-order valence-electron chi connectivity index (χ2n) is 8.52. The van der Waals surface area contributed by atoms with E-state index in [1.54, 1.807) is 0 Å². The average Bonchev–Trinajstić information content (AvgIpc) is 3.35. The van der Waals surface area contributed by atoms with E-state index in [0.29, 0.717) is 0 Å². The molecule has 0 N–H and O–H groups in total. The molecule has 0 bridgehead atoms. The van der Waals surface area contributed by atoms with Gasteiger partial charge < -0.3 is 0 Å². The van der Waals surface area contributed by atoms with E-state index in [1.807, 2.05) is 42.5 Å². The van der Waals surface area contributed by atoms with Gasteiger partial charge in [-0.3, -0.25) is 5.01 Å². The summed E-state index contributed by atoms with van der Waals surface area (Å²) in [5.74, 6) is 0. The second kappa shape index (κ2) is 7.58. The topological polar surface area (TPSA) is 43.3 Å². The number of benzene rings is 3. The minimum atomic E-state index is -0.0537. The fraction of sp³-hybridized carbons (Fsp3) is 0.231. The molecular weight excluding hydrogens is 382 g/mol. The van der Waals surface area contributed by atoms with Crippen LogP contribution in [0.3, 0.4) is 0 Å². The lowest BCUT2D eigenvalue weighted by atomic mass is 9.79. The number of hydrazone groups is 1. The lowest BCUT2D eigenvalue weighted by molar-refractivity contribution is -0.400. The van der Waals surface area contributed by atoms with Crippen molar-refractivity contribution in [2.75, 3.05) is 18.6 Å². The number of fused-ring (bicyclic) bond motifs is 1. The predicted octanol–water partition coefficient (Wildman–Crippen LogP) is 6.37. The third-order valence-electron chi connectivity index (χ3n) is 6.13. The molecule has 3 aromatic carbocycles. The van der Waals surface area contributed by atoms with Crippen LogP contribution in [0.1, 0.15) is 25.8 Å². The number of para-hydroxylation sites is 1. The molecule has 0 radical (unpaired) electrons. The molecule has 0 saturated heterocycles. The van der Waals surface area contributed by atoms with Crippen molar-refractivity contribution in [1.82, 2.24) is 0 Å². The Balaban J connectivity index is 1.37. The lowest BCUT2D eigenvalue weighted by Crippen LogP contribution is -2.35. The van der Waals surface area contributed by atoms with Gasteiger partial charge in [0.15, 0.2) is 0 Å². The van der Waals surface area contributed by atoms with Crippen molar-refractivity contribution in [3.8, 4) is 0 Å². The summed E-state index contributed by atoms with van der Waals surface area (Å²) in [5, 5.41) is 15.7. The van der Waals surface area contributed by atoms with E-state index < -0.39 is 0 Å². The van der Waals surface area contributed by atoms with Crippen molar-refractivity contribution in [2.45, 2.75) is 25.7 Å². The first-order chi connectivity index (χ1) is 15.0. The van der Waals surface area contributed by atoms with Crippen LogP contribution in [0.4, 0.5) is 22.7 Å². The standard InChI is InChI=1S/C26H26N5/c1-26(2)22-11-7-8-12-24(22)30(3)25(26)23-17-18-31(29-23)21-15-13-20(14-16-21)28-27-19-9-5-4-6-10-19/h4-16H,17-18H2,1-3H3/q+1. The van der Waals surface area contributed by atoms with Gasteiger partial charge in [-0.25, -0.2) is 0 Å². The van der Waals surface area contributed by atoms with Gasteiger partial charge in [0, 0.05) is 24.6 Å². The first-order valence-electron chi connectivity index (χ1n) is 10.7. The number of rotatable bonds is 4. The summed E-state index contributed by atoms with van der Waals surface area (Å²) < 4.78 is 2.31. The molecule has 0 amide bonds. The van der Waals surface area contributed by atoms with Gasteiger partial charge >= 0.3 is 0 Å². The Kier molecular flexibility index (Phi) is 4.74. The number of hydrogen-bond acceptors (Lipinski definition) is 4. The van der Waals surface area contributed by atoms with Gasteiger partial charge in [0.1, 0.15) is 12.8 Å². The van der Waals surface area contributed by atoms with E-state index in [9.17, 15) is 0 Å². The van der Waals surface area contributed by atoms with Crippen LogP contribution >= 0.6 is 0 Å². The maximum Gasteiger partial charge on any atom is 0.215 e. The minimum absolute atomic E-state index is 0.0537. The highest BCUT2D eigenvalue weighted by Gasteiger charge is 2.47. The number of hydrogen-bond donors (Lipinski definition) is 0. The molecule has 5 nitrogen and oxygen atoms in total. The first kappa shape index (κ1) is 19.4. The largest absolute Gasteiger partial charge is 0.265 e. The zero-order valence-corrected chi connectivity index (χ0v) is 18.2. The van der Waals surface area contributed by atoms with E-state index in [1.165, 1.54) is 17.0 Å². The van der Waals surface area contributed by atoms with Crippen LogP contribution < -0.4 is 5.01 Å². The molecule has 0 spiro atoms. The Labute approximate surface area is 183 Å². The Morgan fingerprint density at radius 2 is 1.48 bits per heavy atom. The molecule has 0 saturated carbocycles. The van der Waals surface area contributed by atoms with Crippen molar-refractivity contribution in [3.63, 3.8) is 0 Å². The molecule has 5 rings (SSSR count). The molecule has 31 heavy (non-hydrogen) atoms. The Morgan fingerprint density at radius 3 is 2.19 bits per heavy atom. The van der Waals surface area contributed by atoms with Crippen LogP contribution in [0.15, 0.2) is 94.2 Å². The monoisotopic (exact) mass is 408 g/mol. The summed E-state index contributed by atoms with van der Waals surface area (Å²) in [4.78, 5) is 0. The van der Waals surface area contributed by atoms with Crippen LogP contribution in [0.5, 0.6) is 0 Å². The smallest absolute Gasteiger partial charge is 0.215 e. The van der Waals surface area contributed by atoms with E-state index in [0.717, 1.165) is 35.7 Å². The van der Waals surface area contributed by atoms with Crippen LogP contribution in [-0.4, -0.2) is 29.6 Å². The molecular formula is C26H26N5+. The number of nitrogens with zero attached hydrogens (tertiary/aromatic N) is 5. The van der Waals surface area contributed by atoms with E-state index >= 15 is 0 Å². The van der Waals surface area contributed by atoms with Gasteiger partial charge in [0.25, 0.3) is 0 Å². The van der Waals surface area contributed by atoms with Crippen molar-refractivity contribution in [2.24, 2.45) is 15.3 Å². The van der Waals surface area contributed by atoms with E-state index in [-0.39, 0.29) is 5.41 Å². The Bertz CT molecular complexity index is 1200. The fourth-order valence-corrected chi connectivity index (χ4v) is 4.63. The third kappa shape index (κ3) is 3.46. The first-order valence-corrected chi connectivity index (χ1v) is 10.7. The predicted molar refractivity (Wildman–Crippen MR) is 127 cm³/mol. The molecule has 0 unspecified atom stereocenters. The van der Waals surface area contributed by atoms with Crippen molar-refractivity contribution in [1.29, 1.82) is 0 Å². The highest BCUT2D eigenvalue weighted by atomic mass is 15.5. The number of azo groups is 1. The van der Waals surface area contributed by atoms with Gasteiger partial charge in [-0.15, -0.1) is 0 Å². The second-order valence-corrected chi connectivity index (χ2v) is 8.52. The van der Waals surface area contributed by atoms with Gasteiger partial charge in [-0.05, 0) is 50.2 Å². The summed E-state index contributed by atoms with van der Waals surface area (Å²) in [6, 6.07) is 26.5. The van der Waals surface area contributed by atoms with Crippen molar-refractivity contribution in [3.05, 3.63) is 84.4 Å². The fourth-order valence-electron chi connectivity index (χ4n) is 4.63. The zero-order valence-electron chi connectivity index (χ0n) is 18.2. The molecule has 0 atom stereocenters. The molecule has 2 aliphatic heterocycles. The highest BCUT2D eigenvalue weighted by Crippen LogP contribution is 2.40. The van der Waals surface area contributed by atoms with Gasteiger partial charge in [0.2, 0.25) is 11.4 Å². The summed E-state index contributed by atoms with van der Waals surface area (Å²) in [6.45, 7) is 5.47. The van der Waals surface area contributed by atoms with E-state index in [2.05, 4.69) is 77.1 Å². The molecule has 2 heterocycles. The maximum atomic E-state index is 5.01. The average molecular weight is 409 g/mol. The summed E-state index contributed by atoms with van der Waals surface area (Å²) in [6.07, 6.45) is 0.937. The van der Waals surface area contributed by atoms with Gasteiger partial charge in [-0.2, -0.15) is 19.9 Å². The van der Waals surface area contributed by atoms with E-state index in [4.69, 9.17) is 5.10 Å². The lowest BCUT2D eigenvalue weighted by Gasteiger charge is -2.17. The van der Waals surface area contributed by atoms with Crippen LogP contribution in [-0.2, 0) is 5.41 Å². The van der Waals surface area contributed by atoms with Crippen LogP contribution in [0.25, 0.3) is 0 Å². The maximum absolute atomic E-state index is 5.01. The van der Waals surface area contributed by atoms with Crippen molar-refractivity contribution >= 4 is 34.2 Å². The molecule has 3 aromatic rings. The molecule has 2 aliphatic rings. The van der Waals surface area contributed by atoms with Gasteiger partial charge in [0.05, 0.1) is 22.5 Å². The van der Waals surface area contributed by atoms with Gasteiger partial charge in [-0.1, -0.05) is 36.4 Å². The Hall–Kier alpha value is -3.60. The Morgan fingerprint density at radius 1 is 0.839 bits per heavy atom. The summed E-state index contributed by atoms with van der Waals surface area (Å²) in [5.41, 5.74) is 7.80. The van der Waals surface area contributed by atoms with Crippen molar-refractivity contribution < 1.29 is 4.58 Å². The summed E-state index contributed by atoms with van der Waals surface area (Å²) in [7, 11) is 2.15.